The zero-order valence-corrected chi connectivity index (χ0v) is 14.4. The zero-order chi connectivity index (χ0) is 14.9. The molecule has 0 radical (unpaired) electrons. The third kappa shape index (κ3) is 4.52. The Labute approximate surface area is 135 Å². The monoisotopic (exact) mass is 372 g/mol. The van der Waals surface area contributed by atoms with Gasteiger partial charge in [0.25, 0.3) is 0 Å². The van der Waals surface area contributed by atoms with Crippen LogP contribution in [0.5, 0.6) is 0 Å². The molecule has 2 aliphatic rings. The minimum absolute atomic E-state index is 0.286. The van der Waals surface area contributed by atoms with Gasteiger partial charge in [0.2, 0.25) is 0 Å². The average Bonchev–Trinajstić information content (AvgIpc) is 3.25. The van der Waals surface area contributed by atoms with Gasteiger partial charge >= 0.3 is 0 Å². The lowest BCUT2D eigenvalue weighted by Gasteiger charge is -2.27. The number of rotatable bonds is 5. The van der Waals surface area contributed by atoms with Gasteiger partial charge in [-0.2, -0.15) is 0 Å². The zero-order valence-electron chi connectivity index (χ0n) is 12.0. The Morgan fingerprint density at radius 1 is 1.24 bits per heavy atom. The molecule has 21 heavy (non-hydrogen) atoms. The Bertz CT molecular complexity index is 600. The van der Waals surface area contributed by atoms with Crippen molar-refractivity contribution in [2.24, 2.45) is 0 Å². The summed E-state index contributed by atoms with van der Waals surface area (Å²) in [6.07, 6.45) is 2.61. The molecule has 1 saturated heterocycles. The van der Waals surface area contributed by atoms with Crippen LogP contribution in [-0.2, 0) is 22.9 Å². The SMILES string of the molecule is O=S1(=O)CCN(Cc2ccc(CNC3CC3)cc2Br)CC1. The van der Waals surface area contributed by atoms with E-state index in [-0.39, 0.29) is 11.5 Å². The van der Waals surface area contributed by atoms with Gasteiger partial charge in [0.05, 0.1) is 11.5 Å². The molecule has 0 aromatic heterocycles. The van der Waals surface area contributed by atoms with Gasteiger partial charge in [0.15, 0.2) is 9.84 Å². The van der Waals surface area contributed by atoms with Crippen molar-refractivity contribution in [2.75, 3.05) is 24.6 Å². The van der Waals surface area contributed by atoms with E-state index >= 15 is 0 Å². The largest absolute Gasteiger partial charge is 0.310 e. The van der Waals surface area contributed by atoms with E-state index in [4.69, 9.17) is 0 Å². The molecule has 0 amide bonds. The second-order valence-electron chi connectivity index (χ2n) is 6.01. The van der Waals surface area contributed by atoms with Crippen LogP contribution in [0.3, 0.4) is 0 Å². The van der Waals surface area contributed by atoms with Crippen molar-refractivity contribution in [1.82, 2.24) is 10.2 Å². The molecule has 0 atom stereocenters. The van der Waals surface area contributed by atoms with Crippen LogP contribution in [0.1, 0.15) is 24.0 Å². The van der Waals surface area contributed by atoms with Crippen molar-refractivity contribution in [1.29, 1.82) is 0 Å². The molecule has 1 aromatic carbocycles. The number of sulfone groups is 1. The highest BCUT2D eigenvalue weighted by Crippen LogP contribution is 2.23. The fraction of sp³-hybridized carbons (Fsp3) is 0.600. The third-order valence-corrected chi connectivity index (χ3v) is 6.47. The Morgan fingerprint density at radius 2 is 1.95 bits per heavy atom. The first-order valence-corrected chi connectivity index (χ1v) is 10.1. The fourth-order valence-corrected chi connectivity index (χ4v) is 4.36. The van der Waals surface area contributed by atoms with Crippen molar-refractivity contribution in [3.05, 3.63) is 33.8 Å². The van der Waals surface area contributed by atoms with E-state index in [0.29, 0.717) is 13.1 Å². The summed E-state index contributed by atoms with van der Waals surface area (Å²) < 4.78 is 24.0. The molecule has 116 valence electrons. The molecule has 2 fully saturated rings. The summed E-state index contributed by atoms with van der Waals surface area (Å²) in [6.45, 7) is 3.01. The summed E-state index contributed by atoms with van der Waals surface area (Å²) in [7, 11) is -2.80. The van der Waals surface area contributed by atoms with Crippen LogP contribution >= 0.6 is 15.9 Å². The lowest BCUT2D eigenvalue weighted by molar-refractivity contribution is 0.287. The molecule has 1 aliphatic carbocycles. The molecular formula is C15H21BrN2O2S. The number of halogens is 1. The van der Waals surface area contributed by atoms with Crippen molar-refractivity contribution in [3.63, 3.8) is 0 Å². The number of nitrogens with zero attached hydrogens (tertiary/aromatic N) is 1. The van der Waals surface area contributed by atoms with Crippen molar-refractivity contribution >= 4 is 25.8 Å². The average molecular weight is 373 g/mol. The molecular weight excluding hydrogens is 352 g/mol. The maximum absolute atomic E-state index is 11.4. The van der Waals surface area contributed by atoms with Crippen LogP contribution in [0.4, 0.5) is 0 Å². The quantitative estimate of drug-likeness (QED) is 0.857. The first-order chi connectivity index (χ1) is 10.0. The highest BCUT2D eigenvalue weighted by Gasteiger charge is 2.22. The third-order valence-electron chi connectivity index (χ3n) is 4.12. The van der Waals surface area contributed by atoms with Gasteiger partial charge in [-0.05, 0) is 30.0 Å². The second kappa shape index (κ2) is 6.36. The van der Waals surface area contributed by atoms with E-state index in [1.54, 1.807) is 0 Å². The van der Waals surface area contributed by atoms with Gasteiger partial charge < -0.3 is 5.32 Å². The van der Waals surface area contributed by atoms with E-state index < -0.39 is 9.84 Å². The maximum atomic E-state index is 11.4. The molecule has 1 aromatic rings. The molecule has 1 heterocycles. The molecule has 0 unspecified atom stereocenters. The van der Waals surface area contributed by atoms with Crippen LogP contribution < -0.4 is 5.32 Å². The summed E-state index contributed by atoms with van der Waals surface area (Å²) in [4.78, 5) is 2.21. The van der Waals surface area contributed by atoms with E-state index in [1.165, 1.54) is 24.0 Å². The molecule has 6 heteroatoms. The summed E-state index contributed by atoms with van der Waals surface area (Å²) >= 11 is 3.65. The number of benzene rings is 1. The summed E-state index contributed by atoms with van der Waals surface area (Å²) in [5.74, 6) is 0.571. The van der Waals surface area contributed by atoms with E-state index in [9.17, 15) is 8.42 Å². The van der Waals surface area contributed by atoms with Gasteiger partial charge in [-0.3, -0.25) is 4.90 Å². The van der Waals surface area contributed by atoms with Crippen molar-refractivity contribution < 1.29 is 8.42 Å². The smallest absolute Gasteiger partial charge is 0.152 e. The molecule has 4 nitrogen and oxygen atoms in total. The maximum Gasteiger partial charge on any atom is 0.152 e. The van der Waals surface area contributed by atoms with Crippen molar-refractivity contribution in [3.8, 4) is 0 Å². The first-order valence-electron chi connectivity index (χ1n) is 7.45. The van der Waals surface area contributed by atoms with Gasteiger partial charge in [-0.1, -0.05) is 28.1 Å². The van der Waals surface area contributed by atoms with Gasteiger partial charge in [-0.15, -0.1) is 0 Å². The van der Waals surface area contributed by atoms with Gasteiger partial charge in [0, 0.05) is 36.7 Å². The lowest BCUT2D eigenvalue weighted by atomic mass is 10.1. The number of nitrogens with one attached hydrogen (secondary N) is 1. The Hall–Kier alpha value is -0.430. The molecule has 1 saturated carbocycles. The van der Waals surface area contributed by atoms with Crippen LogP contribution in [0.25, 0.3) is 0 Å². The first kappa shape index (κ1) is 15.5. The Kier molecular flexibility index (Phi) is 4.69. The topological polar surface area (TPSA) is 49.4 Å². The minimum Gasteiger partial charge on any atom is -0.310 e. The summed E-state index contributed by atoms with van der Waals surface area (Å²) in [5.41, 5.74) is 2.52. The van der Waals surface area contributed by atoms with Crippen LogP contribution in [0, 0.1) is 0 Å². The Morgan fingerprint density at radius 3 is 2.57 bits per heavy atom. The predicted octanol–water partition coefficient (Wildman–Crippen LogP) is 1.93. The molecule has 1 aliphatic heterocycles. The van der Waals surface area contributed by atoms with Gasteiger partial charge in [0.1, 0.15) is 0 Å². The standard InChI is InChI=1S/C15H21BrN2O2S/c16-15-9-12(10-17-14-3-4-14)1-2-13(15)11-18-5-7-21(19,20)8-6-18/h1-2,9,14,17H,3-8,10-11H2. The normalized spacial score (nSPS) is 22.3. The molecule has 1 N–H and O–H groups in total. The fourth-order valence-electron chi connectivity index (χ4n) is 2.53. The van der Waals surface area contributed by atoms with Gasteiger partial charge in [-0.25, -0.2) is 8.42 Å². The van der Waals surface area contributed by atoms with E-state index in [0.717, 1.165) is 23.6 Å². The summed E-state index contributed by atoms with van der Waals surface area (Å²) in [5, 5.41) is 3.51. The molecule has 0 spiro atoms. The number of hydrogen-bond acceptors (Lipinski definition) is 4. The minimum atomic E-state index is -2.80. The van der Waals surface area contributed by atoms with Crippen molar-refractivity contribution in [2.45, 2.75) is 32.0 Å². The lowest BCUT2D eigenvalue weighted by Crippen LogP contribution is -2.39. The highest BCUT2D eigenvalue weighted by atomic mass is 79.9. The molecule has 3 rings (SSSR count). The van der Waals surface area contributed by atoms with E-state index in [2.05, 4.69) is 44.3 Å². The van der Waals surface area contributed by atoms with E-state index in [1.807, 2.05) is 0 Å². The molecule has 0 bridgehead atoms. The van der Waals surface area contributed by atoms with Crippen LogP contribution in [0.15, 0.2) is 22.7 Å². The highest BCUT2D eigenvalue weighted by molar-refractivity contribution is 9.10. The van der Waals surface area contributed by atoms with Crippen LogP contribution in [-0.4, -0.2) is 44.0 Å². The number of hydrogen-bond donors (Lipinski definition) is 1. The summed E-state index contributed by atoms with van der Waals surface area (Å²) in [6, 6.07) is 7.21. The second-order valence-corrected chi connectivity index (χ2v) is 9.17. The van der Waals surface area contributed by atoms with Crippen LogP contribution in [0.2, 0.25) is 0 Å². The Balaban J connectivity index is 1.57. The predicted molar refractivity (Wildman–Crippen MR) is 87.9 cm³/mol.